The number of carbonyl (C=O) groups is 2. The summed E-state index contributed by atoms with van der Waals surface area (Å²) in [7, 11) is 0. The van der Waals surface area contributed by atoms with E-state index in [0.29, 0.717) is 5.56 Å². The van der Waals surface area contributed by atoms with Crippen molar-refractivity contribution in [2.24, 2.45) is 0 Å². The van der Waals surface area contributed by atoms with Crippen molar-refractivity contribution in [1.29, 1.82) is 0 Å². The van der Waals surface area contributed by atoms with Gasteiger partial charge in [0.05, 0.1) is 0 Å². The Bertz CT molecular complexity index is 961. The van der Waals surface area contributed by atoms with Crippen LogP contribution in [0.15, 0.2) is 64.4 Å². The largest absolute Gasteiger partial charge is 0.454 e. The number of aromatic nitrogens is 2. The lowest BCUT2D eigenvalue weighted by molar-refractivity contribution is -0.136. The van der Waals surface area contributed by atoms with Crippen LogP contribution < -0.4 is 0 Å². The van der Waals surface area contributed by atoms with Crippen LogP contribution in [0.4, 0.5) is 0 Å². The summed E-state index contributed by atoms with van der Waals surface area (Å²) >= 11 is 2.91. The Labute approximate surface area is 165 Å². The maximum absolute atomic E-state index is 12.5. The SMILES string of the molecule is Cc1cc(C(=O)COC(=O)/C=C/Sc2ccccc2)c(C)n1-c1nccs1. The third-order valence-corrected chi connectivity index (χ3v) is 5.41. The van der Waals surface area contributed by atoms with Crippen molar-refractivity contribution < 1.29 is 14.3 Å². The summed E-state index contributed by atoms with van der Waals surface area (Å²) in [6.45, 7) is 3.49. The van der Waals surface area contributed by atoms with Crippen LogP contribution >= 0.6 is 23.1 Å². The summed E-state index contributed by atoms with van der Waals surface area (Å²) in [5.41, 5.74) is 2.24. The maximum atomic E-state index is 12.5. The fourth-order valence-electron chi connectivity index (χ4n) is 2.60. The molecule has 0 N–H and O–H groups in total. The van der Waals surface area contributed by atoms with Crippen LogP contribution in [-0.4, -0.2) is 27.9 Å². The van der Waals surface area contributed by atoms with Gasteiger partial charge < -0.3 is 4.74 Å². The summed E-state index contributed by atoms with van der Waals surface area (Å²) in [6, 6.07) is 11.5. The normalized spacial score (nSPS) is 11.0. The van der Waals surface area contributed by atoms with Crippen LogP contribution in [0.25, 0.3) is 5.13 Å². The Morgan fingerprint density at radius 2 is 2.04 bits per heavy atom. The summed E-state index contributed by atoms with van der Waals surface area (Å²) in [5, 5.41) is 4.34. The lowest BCUT2D eigenvalue weighted by atomic mass is 10.1. The highest BCUT2D eigenvalue weighted by molar-refractivity contribution is 8.02. The molecule has 27 heavy (non-hydrogen) atoms. The van der Waals surface area contributed by atoms with Gasteiger partial charge in [0, 0.05) is 39.5 Å². The Kier molecular flexibility index (Phi) is 6.26. The molecule has 5 nitrogen and oxygen atoms in total. The predicted molar refractivity (Wildman–Crippen MR) is 108 cm³/mol. The maximum Gasteiger partial charge on any atom is 0.331 e. The standard InChI is InChI=1S/C20H18N2O3S2/c1-14-12-17(15(2)22(14)20-21-9-11-27-20)18(23)13-25-19(24)8-10-26-16-6-4-3-5-7-16/h3-12H,13H2,1-2H3/b10-8+. The van der Waals surface area contributed by atoms with Gasteiger partial charge in [-0.15, -0.1) is 11.3 Å². The number of esters is 1. The molecular weight excluding hydrogens is 380 g/mol. The minimum Gasteiger partial charge on any atom is -0.454 e. The number of thioether (sulfide) groups is 1. The summed E-state index contributed by atoms with van der Waals surface area (Å²) in [6.07, 6.45) is 3.05. The summed E-state index contributed by atoms with van der Waals surface area (Å²) in [5.74, 6) is -0.774. The van der Waals surface area contributed by atoms with E-state index in [1.165, 1.54) is 29.2 Å². The average molecular weight is 399 g/mol. The smallest absolute Gasteiger partial charge is 0.331 e. The van der Waals surface area contributed by atoms with Crippen LogP contribution in [0.1, 0.15) is 21.7 Å². The molecule has 0 amide bonds. The van der Waals surface area contributed by atoms with Crippen molar-refractivity contribution in [2.75, 3.05) is 6.61 Å². The molecule has 1 aromatic carbocycles. The molecule has 138 valence electrons. The van der Waals surface area contributed by atoms with Gasteiger partial charge in [-0.05, 0) is 37.5 Å². The van der Waals surface area contributed by atoms with Gasteiger partial charge in [0.2, 0.25) is 5.78 Å². The highest BCUT2D eigenvalue weighted by Crippen LogP contribution is 2.22. The first-order chi connectivity index (χ1) is 13.1. The van der Waals surface area contributed by atoms with Gasteiger partial charge in [0.15, 0.2) is 11.7 Å². The Hall–Kier alpha value is -2.64. The predicted octanol–water partition coefficient (Wildman–Crippen LogP) is 4.58. The number of carbonyl (C=O) groups excluding carboxylic acids is 2. The molecule has 2 heterocycles. The second-order valence-electron chi connectivity index (χ2n) is 5.70. The molecule has 0 atom stereocenters. The van der Waals surface area contributed by atoms with Gasteiger partial charge in [-0.25, -0.2) is 9.78 Å². The zero-order chi connectivity index (χ0) is 19.2. The van der Waals surface area contributed by atoms with Gasteiger partial charge in [-0.1, -0.05) is 30.0 Å². The Morgan fingerprint density at radius 3 is 2.74 bits per heavy atom. The highest BCUT2D eigenvalue weighted by atomic mass is 32.2. The van der Waals surface area contributed by atoms with Crippen molar-refractivity contribution in [3.63, 3.8) is 0 Å². The van der Waals surface area contributed by atoms with Crippen LogP contribution in [0.3, 0.4) is 0 Å². The van der Waals surface area contributed by atoms with E-state index in [0.717, 1.165) is 21.4 Å². The zero-order valence-electron chi connectivity index (χ0n) is 14.9. The van der Waals surface area contributed by atoms with E-state index < -0.39 is 5.97 Å². The quantitative estimate of drug-likeness (QED) is 0.252. The van der Waals surface area contributed by atoms with E-state index in [4.69, 9.17) is 4.74 Å². The van der Waals surface area contributed by atoms with Gasteiger partial charge in [0.1, 0.15) is 0 Å². The molecule has 0 aliphatic rings. The highest BCUT2D eigenvalue weighted by Gasteiger charge is 2.18. The van der Waals surface area contributed by atoms with E-state index in [1.54, 1.807) is 17.7 Å². The van der Waals surface area contributed by atoms with E-state index >= 15 is 0 Å². The van der Waals surface area contributed by atoms with E-state index in [-0.39, 0.29) is 12.4 Å². The van der Waals surface area contributed by atoms with Crippen molar-refractivity contribution in [3.05, 3.63) is 76.4 Å². The molecule has 0 fully saturated rings. The van der Waals surface area contributed by atoms with Crippen LogP contribution in [0.2, 0.25) is 0 Å². The van der Waals surface area contributed by atoms with Gasteiger partial charge >= 0.3 is 5.97 Å². The molecule has 2 aromatic heterocycles. The third-order valence-electron chi connectivity index (χ3n) is 3.84. The molecule has 0 saturated heterocycles. The fraction of sp³-hybridized carbons (Fsp3) is 0.150. The average Bonchev–Trinajstić information content (AvgIpc) is 3.28. The van der Waals surface area contributed by atoms with Crippen LogP contribution in [0, 0.1) is 13.8 Å². The first kappa shape index (κ1) is 19.1. The number of ether oxygens (including phenoxy) is 1. The Balaban J connectivity index is 1.58. The number of nitrogens with zero attached hydrogens (tertiary/aromatic N) is 2. The molecule has 0 bridgehead atoms. The second kappa shape index (κ2) is 8.83. The number of rotatable bonds is 7. The van der Waals surface area contributed by atoms with Crippen molar-refractivity contribution >= 4 is 34.9 Å². The lowest BCUT2D eigenvalue weighted by Gasteiger charge is -2.05. The van der Waals surface area contributed by atoms with Gasteiger partial charge in [-0.2, -0.15) is 0 Å². The van der Waals surface area contributed by atoms with Gasteiger partial charge in [0.25, 0.3) is 0 Å². The van der Waals surface area contributed by atoms with Gasteiger partial charge in [-0.3, -0.25) is 9.36 Å². The van der Waals surface area contributed by atoms with E-state index in [1.807, 2.05) is 54.1 Å². The lowest BCUT2D eigenvalue weighted by Crippen LogP contribution is -2.13. The van der Waals surface area contributed by atoms with Crippen molar-refractivity contribution in [1.82, 2.24) is 9.55 Å². The minimum atomic E-state index is -0.541. The number of hydrogen-bond acceptors (Lipinski definition) is 6. The number of benzene rings is 1. The molecule has 0 aliphatic carbocycles. The molecule has 0 aliphatic heterocycles. The topological polar surface area (TPSA) is 61.2 Å². The molecule has 7 heteroatoms. The Morgan fingerprint density at radius 1 is 1.26 bits per heavy atom. The number of thiazole rings is 1. The molecule has 0 saturated carbocycles. The number of Topliss-reactive ketones (excluding diaryl/α,β-unsaturated/α-hetero) is 1. The van der Waals surface area contributed by atoms with E-state index in [2.05, 4.69) is 4.98 Å². The number of aryl methyl sites for hydroxylation is 1. The second-order valence-corrected chi connectivity index (χ2v) is 7.55. The molecule has 3 aromatic rings. The van der Waals surface area contributed by atoms with Crippen molar-refractivity contribution in [3.8, 4) is 5.13 Å². The third kappa shape index (κ3) is 4.75. The zero-order valence-corrected chi connectivity index (χ0v) is 16.5. The first-order valence-corrected chi connectivity index (χ1v) is 9.99. The molecule has 3 rings (SSSR count). The summed E-state index contributed by atoms with van der Waals surface area (Å²) in [4.78, 5) is 29.6. The number of hydrogen-bond donors (Lipinski definition) is 0. The summed E-state index contributed by atoms with van der Waals surface area (Å²) < 4.78 is 7.01. The number of ketones is 1. The molecule has 0 spiro atoms. The monoisotopic (exact) mass is 398 g/mol. The molecule has 0 radical (unpaired) electrons. The fourth-order valence-corrected chi connectivity index (χ4v) is 4.00. The van der Waals surface area contributed by atoms with Crippen molar-refractivity contribution in [2.45, 2.75) is 18.7 Å². The minimum absolute atomic E-state index is 0.233. The van der Waals surface area contributed by atoms with Crippen LogP contribution in [0.5, 0.6) is 0 Å². The first-order valence-electron chi connectivity index (χ1n) is 8.23. The molecule has 0 unspecified atom stereocenters. The van der Waals surface area contributed by atoms with E-state index in [9.17, 15) is 9.59 Å². The van der Waals surface area contributed by atoms with Crippen LogP contribution in [-0.2, 0) is 9.53 Å². The molecular formula is C20H18N2O3S2.